The van der Waals surface area contributed by atoms with Gasteiger partial charge in [-0.1, -0.05) is 30.3 Å². The fourth-order valence-electron chi connectivity index (χ4n) is 3.58. The molecule has 27 heavy (non-hydrogen) atoms. The molecular weight excluding hydrogens is 364 g/mol. The van der Waals surface area contributed by atoms with Gasteiger partial charge in [-0.15, -0.1) is 11.6 Å². The van der Waals surface area contributed by atoms with Crippen molar-refractivity contribution < 1.29 is 9.53 Å². The molecule has 1 amide bonds. The number of halogens is 1. The monoisotopic (exact) mass is 384 g/mol. The maximum Gasteiger partial charge on any atom is 0.410 e. The minimum atomic E-state index is -0.272. The van der Waals surface area contributed by atoms with E-state index in [4.69, 9.17) is 16.3 Å². The number of benzene rings is 1. The van der Waals surface area contributed by atoms with Gasteiger partial charge in [0, 0.05) is 19.3 Å². The number of aromatic nitrogens is 3. The molecule has 1 atom stereocenters. The number of amides is 1. The number of hydrogen-bond donors (Lipinski definition) is 0. The SMILES string of the molecule is O=C(OCc1ccccc1)N1CCC[C@@H]1Cn1c(CCl)nc2cccnc21. The first kappa shape index (κ1) is 17.8. The van der Waals surface area contributed by atoms with E-state index in [0.29, 0.717) is 19.0 Å². The Morgan fingerprint density at radius 3 is 2.89 bits per heavy atom. The van der Waals surface area contributed by atoms with Gasteiger partial charge < -0.3 is 14.2 Å². The normalized spacial score (nSPS) is 16.8. The highest BCUT2D eigenvalue weighted by atomic mass is 35.5. The van der Waals surface area contributed by atoms with Crippen LogP contribution in [0, 0.1) is 0 Å². The molecule has 3 heterocycles. The van der Waals surface area contributed by atoms with Crippen LogP contribution in [-0.4, -0.2) is 38.1 Å². The van der Waals surface area contributed by atoms with Gasteiger partial charge in [-0.2, -0.15) is 0 Å². The second kappa shape index (κ2) is 7.96. The summed E-state index contributed by atoms with van der Waals surface area (Å²) in [6, 6.07) is 13.6. The largest absolute Gasteiger partial charge is 0.445 e. The molecule has 0 spiro atoms. The van der Waals surface area contributed by atoms with Crippen LogP contribution in [0.2, 0.25) is 0 Å². The van der Waals surface area contributed by atoms with Crippen LogP contribution >= 0.6 is 11.6 Å². The summed E-state index contributed by atoms with van der Waals surface area (Å²) in [5.74, 6) is 1.08. The van der Waals surface area contributed by atoms with Crippen molar-refractivity contribution in [2.75, 3.05) is 6.54 Å². The Kier molecular flexibility index (Phi) is 5.25. The summed E-state index contributed by atoms with van der Waals surface area (Å²) < 4.78 is 7.55. The molecule has 0 radical (unpaired) electrons. The first-order valence-corrected chi connectivity index (χ1v) is 9.63. The molecule has 1 fully saturated rings. The Morgan fingerprint density at radius 2 is 2.07 bits per heavy atom. The number of pyridine rings is 1. The molecule has 7 heteroatoms. The maximum absolute atomic E-state index is 12.6. The summed E-state index contributed by atoms with van der Waals surface area (Å²) in [5, 5.41) is 0. The Hall–Kier alpha value is -2.60. The molecule has 4 rings (SSSR count). The van der Waals surface area contributed by atoms with E-state index in [-0.39, 0.29) is 18.7 Å². The number of hydrogen-bond acceptors (Lipinski definition) is 4. The summed E-state index contributed by atoms with van der Waals surface area (Å²) in [6.45, 7) is 1.61. The van der Waals surface area contributed by atoms with Crippen molar-refractivity contribution >= 4 is 28.9 Å². The summed E-state index contributed by atoms with van der Waals surface area (Å²) in [5.41, 5.74) is 2.61. The highest BCUT2D eigenvalue weighted by Crippen LogP contribution is 2.24. The Morgan fingerprint density at radius 1 is 1.22 bits per heavy atom. The van der Waals surface area contributed by atoms with Crippen LogP contribution in [0.1, 0.15) is 24.2 Å². The summed E-state index contributed by atoms with van der Waals surface area (Å²) in [4.78, 5) is 23.4. The lowest BCUT2D eigenvalue weighted by atomic mass is 10.2. The minimum Gasteiger partial charge on any atom is -0.445 e. The van der Waals surface area contributed by atoms with E-state index in [1.54, 1.807) is 6.20 Å². The van der Waals surface area contributed by atoms with Crippen LogP contribution < -0.4 is 0 Å². The fraction of sp³-hybridized carbons (Fsp3) is 0.350. The zero-order chi connectivity index (χ0) is 18.6. The molecule has 0 unspecified atom stereocenters. The highest BCUT2D eigenvalue weighted by molar-refractivity contribution is 6.16. The predicted molar refractivity (Wildman–Crippen MR) is 103 cm³/mol. The second-order valence-electron chi connectivity index (χ2n) is 6.65. The van der Waals surface area contributed by atoms with Crippen LogP contribution in [0.4, 0.5) is 4.79 Å². The Balaban J connectivity index is 1.48. The smallest absolute Gasteiger partial charge is 0.410 e. The highest BCUT2D eigenvalue weighted by Gasteiger charge is 2.31. The van der Waals surface area contributed by atoms with E-state index in [0.717, 1.165) is 35.4 Å². The summed E-state index contributed by atoms with van der Waals surface area (Å²) >= 11 is 6.09. The molecule has 0 aliphatic carbocycles. The van der Waals surface area contributed by atoms with E-state index in [1.807, 2.05) is 51.9 Å². The number of nitrogens with zero attached hydrogens (tertiary/aromatic N) is 4. The number of alkyl halides is 1. The van der Waals surface area contributed by atoms with Crippen LogP contribution in [0.15, 0.2) is 48.7 Å². The van der Waals surface area contributed by atoms with Gasteiger partial charge in [-0.3, -0.25) is 0 Å². The standard InChI is InChI=1S/C20H21ClN4O2/c21-12-18-23-17-9-4-10-22-19(17)25(18)13-16-8-5-11-24(16)20(26)27-14-15-6-2-1-3-7-15/h1-4,6-7,9-10,16H,5,8,11-14H2/t16-/m1/s1. The van der Waals surface area contributed by atoms with E-state index in [1.165, 1.54) is 0 Å². The molecule has 1 aromatic carbocycles. The quantitative estimate of drug-likeness (QED) is 0.624. The van der Waals surface area contributed by atoms with Gasteiger partial charge in [0.25, 0.3) is 0 Å². The number of rotatable bonds is 5. The van der Waals surface area contributed by atoms with Crippen molar-refractivity contribution in [3.05, 3.63) is 60.0 Å². The second-order valence-corrected chi connectivity index (χ2v) is 6.92. The van der Waals surface area contributed by atoms with Crippen LogP contribution in [0.25, 0.3) is 11.2 Å². The minimum absolute atomic E-state index is 0.0506. The Bertz CT molecular complexity index is 928. The molecule has 1 saturated heterocycles. The van der Waals surface area contributed by atoms with Gasteiger partial charge in [-0.05, 0) is 30.5 Å². The lowest BCUT2D eigenvalue weighted by molar-refractivity contribution is 0.0895. The zero-order valence-corrected chi connectivity index (χ0v) is 15.7. The number of likely N-dealkylation sites (tertiary alicyclic amines) is 1. The van der Waals surface area contributed by atoms with Crippen LogP contribution in [0.5, 0.6) is 0 Å². The number of ether oxygens (including phenoxy) is 1. The maximum atomic E-state index is 12.6. The van der Waals surface area contributed by atoms with E-state index >= 15 is 0 Å². The third kappa shape index (κ3) is 3.76. The zero-order valence-electron chi connectivity index (χ0n) is 14.9. The van der Waals surface area contributed by atoms with Crippen molar-refractivity contribution in [2.45, 2.75) is 37.9 Å². The third-order valence-electron chi connectivity index (χ3n) is 4.91. The van der Waals surface area contributed by atoms with Crippen molar-refractivity contribution in [1.82, 2.24) is 19.4 Å². The number of fused-ring (bicyclic) bond motifs is 1. The Labute approximate surface area is 162 Å². The van der Waals surface area contributed by atoms with Gasteiger partial charge in [0.1, 0.15) is 17.9 Å². The van der Waals surface area contributed by atoms with Crippen molar-refractivity contribution in [2.24, 2.45) is 0 Å². The molecule has 1 aliphatic heterocycles. The average Bonchev–Trinajstić information content (AvgIpc) is 3.32. The van der Waals surface area contributed by atoms with Crippen LogP contribution in [0.3, 0.4) is 0 Å². The summed E-state index contributed by atoms with van der Waals surface area (Å²) in [6.07, 6.45) is 3.36. The number of imidazole rings is 1. The molecule has 1 aliphatic rings. The number of carbonyl (C=O) groups excluding carboxylic acids is 1. The molecule has 6 nitrogen and oxygen atoms in total. The molecule has 3 aromatic rings. The molecule has 0 saturated carbocycles. The number of carbonyl (C=O) groups is 1. The van der Waals surface area contributed by atoms with Gasteiger partial charge in [0.15, 0.2) is 5.65 Å². The first-order valence-electron chi connectivity index (χ1n) is 9.09. The van der Waals surface area contributed by atoms with E-state index in [9.17, 15) is 4.79 Å². The average molecular weight is 385 g/mol. The summed E-state index contributed by atoms with van der Waals surface area (Å²) in [7, 11) is 0. The van der Waals surface area contributed by atoms with Gasteiger partial charge >= 0.3 is 6.09 Å². The van der Waals surface area contributed by atoms with Crippen molar-refractivity contribution in [1.29, 1.82) is 0 Å². The third-order valence-corrected chi connectivity index (χ3v) is 5.15. The topological polar surface area (TPSA) is 60.2 Å². The predicted octanol–water partition coefficient (Wildman–Crippen LogP) is 3.97. The van der Waals surface area contributed by atoms with E-state index < -0.39 is 0 Å². The fourth-order valence-corrected chi connectivity index (χ4v) is 3.78. The molecule has 0 bridgehead atoms. The van der Waals surface area contributed by atoms with Gasteiger partial charge in [0.2, 0.25) is 0 Å². The van der Waals surface area contributed by atoms with Crippen LogP contribution in [-0.2, 0) is 23.8 Å². The molecule has 0 N–H and O–H groups in total. The van der Waals surface area contributed by atoms with Crippen molar-refractivity contribution in [3.8, 4) is 0 Å². The van der Waals surface area contributed by atoms with Gasteiger partial charge in [0.05, 0.1) is 11.9 Å². The van der Waals surface area contributed by atoms with Gasteiger partial charge in [-0.25, -0.2) is 14.8 Å². The van der Waals surface area contributed by atoms with E-state index in [2.05, 4.69) is 9.97 Å². The van der Waals surface area contributed by atoms with Crippen molar-refractivity contribution in [3.63, 3.8) is 0 Å². The molecule has 2 aromatic heterocycles. The lowest BCUT2D eigenvalue weighted by Crippen LogP contribution is -2.38. The molecule has 140 valence electrons. The molecular formula is C20H21ClN4O2. The lowest BCUT2D eigenvalue weighted by Gasteiger charge is -2.25. The first-order chi connectivity index (χ1) is 13.3.